The zero-order chi connectivity index (χ0) is 19.0. The van der Waals surface area contributed by atoms with E-state index in [9.17, 15) is 18.8 Å². The van der Waals surface area contributed by atoms with Gasteiger partial charge in [-0.25, -0.2) is 9.18 Å². The third-order valence-corrected chi connectivity index (χ3v) is 4.83. The smallest absolute Gasteiger partial charge is 0.322 e. The highest BCUT2D eigenvalue weighted by Crippen LogP contribution is 2.19. The maximum absolute atomic E-state index is 13.9. The minimum absolute atomic E-state index is 0.00289. The van der Waals surface area contributed by atoms with Crippen LogP contribution in [0.2, 0.25) is 0 Å². The molecule has 3 aromatic rings. The number of anilines is 1. The molecule has 0 saturated carbocycles. The van der Waals surface area contributed by atoms with Gasteiger partial charge in [-0.3, -0.25) is 18.7 Å². The summed E-state index contributed by atoms with van der Waals surface area (Å²) in [6.07, 6.45) is 0. The van der Waals surface area contributed by atoms with Gasteiger partial charge in [-0.2, -0.15) is 4.37 Å². The molecule has 1 amide bonds. The fraction of sp³-hybridized carbons (Fsp3) is 0.250. The summed E-state index contributed by atoms with van der Waals surface area (Å²) in [6.45, 7) is 3.03. The van der Waals surface area contributed by atoms with Gasteiger partial charge in [0.15, 0.2) is 5.52 Å². The molecule has 10 heteroatoms. The fourth-order valence-corrected chi connectivity index (χ4v) is 3.54. The lowest BCUT2D eigenvalue weighted by atomic mass is 10.3. The number of nitrogens with one attached hydrogen (secondary N) is 1. The Balaban J connectivity index is 2.00. The van der Waals surface area contributed by atoms with Crippen molar-refractivity contribution in [1.29, 1.82) is 0 Å². The Morgan fingerprint density at radius 1 is 1.38 bits per heavy atom. The average molecular weight is 441 g/mol. The van der Waals surface area contributed by atoms with Crippen LogP contribution >= 0.6 is 27.5 Å². The lowest BCUT2D eigenvalue weighted by Gasteiger charge is -2.14. The topological polar surface area (TPSA) is 86.0 Å². The molecular weight excluding hydrogens is 427 g/mol. The summed E-state index contributed by atoms with van der Waals surface area (Å²) in [5.41, 5.74) is -0.677. The number of benzene rings is 1. The summed E-state index contributed by atoms with van der Waals surface area (Å²) in [5, 5.41) is 3.97. The van der Waals surface area contributed by atoms with Crippen molar-refractivity contribution < 1.29 is 9.18 Å². The molecule has 0 aliphatic carbocycles. The normalized spacial score (nSPS) is 11.3. The van der Waals surface area contributed by atoms with Crippen molar-refractivity contribution >= 4 is 50.1 Å². The molecule has 0 spiro atoms. The number of hydrogen-bond acceptors (Lipinski definition) is 5. The Hall–Kier alpha value is -2.33. The monoisotopic (exact) mass is 440 g/mol. The van der Waals surface area contributed by atoms with Gasteiger partial charge in [-0.15, -0.1) is 0 Å². The molecule has 26 heavy (non-hydrogen) atoms. The summed E-state index contributed by atoms with van der Waals surface area (Å²) >= 11 is 4.17. The highest BCUT2D eigenvalue weighted by Gasteiger charge is 2.19. The zero-order valence-corrected chi connectivity index (χ0v) is 16.2. The van der Waals surface area contributed by atoms with E-state index in [1.54, 1.807) is 19.9 Å². The van der Waals surface area contributed by atoms with Gasteiger partial charge in [0, 0.05) is 15.9 Å². The standard InChI is InChI=1S/C16H14BrFN4O3S/c1-8(2)22-15(24)14-12(7-26-20-14)21(16(22)25)6-13(23)19-11-4-3-9(17)5-10(11)18/h3-5,7-8H,6H2,1-2H3,(H,19,23). The number of carbonyl (C=O) groups is 1. The third-order valence-electron chi connectivity index (χ3n) is 3.72. The highest BCUT2D eigenvalue weighted by molar-refractivity contribution is 9.10. The van der Waals surface area contributed by atoms with Gasteiger partial charge in [0.1, 0.15) is 12.4 Å². The van der Waals surface area contributed by atoms with E-state index < -0.39 is 23.0 Å². The van der Waals surface area contributed by atoms with Crippen molar-refractivity contribution in [2.75, 3.05) is 5.32 Å². The van der Waals surface area contributed by atoms with Gasteiger partial charge < -0.3 is 5.32 Å². The fourth-order valence-electron chi connectivity index (χ4n) is 2.54. The average Bonchev–Trinajstić information content (AvgIpc) is 3.04. The molecule has 7 nitrogen and oxygen atoms in total. The van der Waals surface area contributed by atoms with Gasteiger partial charge >= 0.3 is 5.69 Å². The van der Waals surface area contributed by atoms with E-state index in [-0.39, 0.29) is 29.3 Å². The molecule has 0 fully saturated rings. The first-order valence-electron chi connectivity index (χ1n) is 7.64. The lowest BCUT2D eigenvalue weighted by molar-refractivity contribution is -0.116. The molecule has 136 valence electrons. The van der Waals surface area contributed by atoms with E-state index in [1.807, 2.05) is 0 Å². The summed E-state index contributed by atoms with van der Waals surface area (Å²) in [4.78, 5) is 37.4. The van der Waals surface area contributed by atoms with E-state index in [0.29, 0.717) is 4.47 Å². The summed E-state index contributed by atoms with van der Waals surface area (Å²) in [5.74, 6) is -1.19. The van der Waals surface area contributed by atoms with Gasteiger partial charge in [-0.1, -0.05) is 15.9 Å². The molecular formula is C16H14BrFN4O3S. The number of fused-ring (bicyclic) bond motifs is 1. The molecule has 0 aliphatic rings. The van der Waals surface area contributed by atoms with Crippen molar-refractivity contribution in [1.82, 2.24) is 13.5 Å². The first-order chi connectivity index (χ1) is 12.3. The number of rotatable bonds is 4. The van der Waals surface area contributed by atoms with Crippen molar-refractivity contribution in [3.8, 4) is 0 Å². The van der Waals surface area contributed by atoms with Crippen molar-refractivity contribution in [2.24, 2.45) is 0 Å². The Bertz CT molecular complexity index is 1120. The van der Waals surface area contributed by atoms with Crippen molar-refractivity contribution in [3.05, 3.63) is 54.7 Å². The molecule has 0 radical (unpaired) electrons. The number of carbonyl (C=O) groups excluding carboxylic acids is 1. The molecule has 1 aromatic carbocycles. The van der Waals surface area contributed by atoms with Crippen LogP contribution in [-0.4, -0.2) is 19.4 Å². The van der Waals surface area contributed by atoms with Gasteiger partial charge in [0.2, 0.25) is 5.91 Å². The summed E-state index contributed by atoms with van der Waals surface area (Å²) in [6, 6.07) is 3.84. The van der Waals surface area contributed by atoms with Crippen LogP contribution in [-0.2, 0) is 11.3 Å². The second-order valence-corrected chi connectivity index (χ2v) is 7.40. The Labute approximate surface area is 159 Å². The van der Waals surface area contributed by atoms with Crippen LogP contribution in [0.1, 0.15) is 19.9 Å². The molecule has 0 unspecified atom stereocenters. The maximum atomic E-state index is 13.9. The van der Waals surface area contributed by atoms with Crippen LogP contribution in [0.25, 0.3) is 11.0 Å². The van der Waals surface area contributed by atoms with Gasteiger partial charge in [0.05, 0.1) is 11.2 Å². The second-order valence-electron chi connectivity index (χ2n) is 5.86. The Kier molecular flexibility index (Phi) is 5.05. The summed E-state index contributed by atoms with van der Waals surface area (Å²) in [7, 11) is 0. The Morgan fingerprint density at radius 2 is 2.12 bits per heavy atom. The van der Waals surface area contributed by atoms with Gasteiger partial charge in [0.25, 0.3) is 5.56 Å². The molecule has 2 aromatic heterocycles. The Morgan fingerprint density at radius 3 is 2.77 bits per heavy atom. The molecule has 0 saturated heterocycles. The number of hydrogen-bond donors (Lipinski definition) is 1. The number of halogens is 2. The van der Waals surface area contributed by atoms with E-state index >= 15 is 0 Å². The lowest BCUT2D eigenvalue weighted by Crippen LogP contribution is -2.42. The van der Waals surface area contributed by atoms with Crippen molar-refractivity contribution in [3.63, 3.8) is 0 Å². The van der Waals surface area contributed by atoms with Crippen LogP contribution in [0, 0.1) is 5.82 Å². The molecule has 2 heterocycles. The molecule has 0 aliphatic heterocycles. The SMILES string of the molecule is CC(C)n1c(=O)c2nscc2n(CC(=O)Nc2ccc(Br)cc2F)c1=O. The van der Waals surface area contributed by atoms with E-state index in [0.717, 1.165) is 16.1 Å². The van der Waals surface area contributed by atoms with E-state index in [1.165, 1.54) is 22.1 Å². The van der Waals surface area contributed by atoms with Crippen LogP contribution in [0.4, 0.5) is 10.1 Å². The first-order valence-corrected chi connectivity index (χ1v) is 9.27. The van der Waals surface area contributed by atoms with E-state index in [2.05, 4.69) is 25.6 Å². The molecule has 0 atom stereocenters. The van der Waals surface area contributed by atoms with Crippen molar-refractivity contribution in [2.45, 2.75) is 26.4 Å². The largest absolute Gasteiger partial charge is 0.332 e. The van der Waals surface area contributed by atoms with E-state index in [4.69, 9.17) is 0 Å². The maximum Gasteiger partial charge on any atom is 0.332 e. The number of aromatic nitrogens is 3. The van der Waals surface area contributed by atoms with Crippen LogP contribution in [0.3, 0.4) is 0 Å². The first kappa shape index (κ1) is 18.5. The van der Waals surface area contributed by atoms with Crippen LogP contribution < -0.4 is 16.6 Å². The molecule has 3 rings (SSSR count). The minimum Gasteiger partial charge on any atom is -0.322 e. The minimum atomic E-state index is -0.607. The van der Waals surface area contributed by atoms with Gasteiger partial charge in [-0.05, 0) is 43.6 Å². The number of nitrogens with zero attached hydrogens (tertiary/aromatic N) is 3. The number of amides is 1. The molecule has 0 bridgehead atoms. The zero-order valence-electron chi connectivity index (χ0n) is 13.8. The molecule has 1 N–H and O–H groups in total. The second kappa shape index (κ2) is 7.12. The quantitative estimate of drug-likeness (QED) is 0.675. The highest BCUT2D eigenvalue weighted by atomic mass is 79.9. The predicted molar refractivity (Wildman–Crippen MR) is 101 cm³/mol. The summed E-state index contributed by atoms with van der Waals surface area (Å²) < 4.78 is 20.7. The van der Waals surface area contributed by atoms with Crippen LogP contribution in [0.5, 0.6) is 0 Å². The van der Waals surface area contributed by atoms with Crippen LogP contribution in [0.15, 0.2) is 37.6 Å². The third kappa shape index (κ3) is 3.34. The predicted octanol–water partition coefficient (Wildman–Crippen LogP) is 2.74.